The Bertz CT molecular complexity index is 560. The van der Waals surface area contributed by atoms with Crippen molar-refractivity contribution < 1.29 is 9.59 Å². The molecule has 1 aliphatic heterocycles. The number of benzene rings is 1. The van der Waals surface area contributed by atoms with Crippen LogP contribution in [0.25, 0.3) is 0 Å². The number of amides is 2. The van der Waals surface area contributed by atoms with Crippen LogP contribution in [0.4, 0.5) is 5.69 Å². The van der Waals surface area contributed by atoms with Gasteiger partial charge in [0, 0.05) is 37.8 Å². The molecule has 1 aromatic rings. The highest BCUT2D eigenvalue weighted by molar-refractivity contribution is 5.96. The van der Waals surface area contributed by atoms with Crippen LogP contribution in [0.15, 0.2) is 24.3 Å². The fourth-order valence-corrected chi connectivity index (χ4v) is 2.40. The molecule has 0 atom stereocenters. The van der Waals surface area contributed by atoms with Gasteiger partial charge in [0.05, 0.1) is 12.5 Å². The van der Waals surface area contributed by atoms with Gasteiger partial charge in [0.15, 0.2) is 0 Å². The minimum atomic E-state index is -0.109. The van der Waals surface area contributed by atoms with E-state index in [4.69, 9.17) is 5.26 Å². The molecule has 1 fully saturated rings. The monoisotopic (exact) mass is 285 g/mol. The van der Waals surface area contributed by atoms with E-state index >= 15 is 0 Å². The molecule has 0 N–H and O–H groups in total. The third kappa shape index (κ3) is 3.60. The summed E-state index contributed by atoms with van der Waals surface area (Å²) in [6.45, 7) is 1.16. The van der Waals surface area contributed by atoms with E-state index in [1.807, 2.05) is 18.2 Å². The largest absolute Gasteiger partial charge is 0.341 e. The topological polar surface area (TPSA) is 64.4 Å². The molecule has 0 spiro atoms. The maximum absolute atomic E-state index is 12.1. The first-order chi connectivity index (χ1) is 10.1. The van der Waals surface area contributed by atoms with Gasteiger partial charge in [-0.2, -0.15) is 5.26 Å². The molecule has 0 saturated carbocycles. The number of piperidine rings is 1. The number of hydrogen-bond acceptors (Lipinski definition) is 3. The van der Waals surface area contributed by atoms with Crippen molar-refractivity contribution in [1.29, 1.82) is 5.26 Å². The highest BCUT2D eigenvalue weighted by Gasteiger charge is 2.20. The summed E-state index contributed by atoms with van der Waals surface area (Å²) in [4.78, 5) is 27.3. The van der Waals surface area contributed by atoms with E-state index in [1.165, 1.54) is 4.90 Å². The van der Waals surface area contributed by atoms with Crippen molar-refractivity contribution in [2.45, 2.75) is 25.7 Å². The van der Waals surface area contributed by atoms with E-state index in [1.54, 1.807) is 24.1 Å². The Balaban J connectivity index is 2.06. The van der Waals surface area contributed by atoms with Crippen molar-refractivity contribution in [3.8, 4) is 6.07 Å². The molecule has 0 aliphatic carbocycles. The summed E-state index contributed by atoms with van der Waals surface area (Å²) < 4.78 is 0. The van der Waals surface area contributed by atoms with E-state index in [9.17, 15) is 9.59 Å². The van der Waals surface area contributed by atoms with E-state index in [-0.39, 0.29) is 11.8 Å². The molecule has 0 bridgehead atoms. The minimum Gasteiger partial charge on any atom is -0.341 e. The summed E-state index contributed by atoms with van der Waals surface area (Å²) in [7, 11) is 1.68. The molecule has 2 rings (SSSR count). The lowest BCUT2D eigenvalue weighted by molar-refractivity contribution is -0.119. The van der Waals surface area contributed by atoms with Crippen LogP contribution in [0.5, 0.6) is 0 Å². The number of hydrogen-bond donors (Lipinski definition) is 0. The zero-order valence-electron chi connectivity index (χ0n) is 12.2. The van der Waals surface area contributed by atoms with Crippen molar-refractivity contribution in [2.75, 3.05) is 25.0 Å². The van der Waals surface area contributed by atoms with E-state index in [0.29, 0.717) is 24.9 Å². The van der Waals surface area contributed by atoms with Gasteiger partial charge >= 0.3 is 0 Å². The first-order valence-electron chi connectivity index (χ1n) is 7.16. The van der Waals surface area contributed by atoms with Crippen molar-refractivity contribution >= 4 is 17.5 Å². The number of anilines is 1. The molecule has 0 radical (unpaired) electrons. The van der Waals surface area contributed by atoms with Crippen molar-refractivity contribution in [3.63, 3.8) is 0 Å². The lowest BCUT2D eigenvalue weighted by Gasteiger charge is -2.27. The Hall–Kier alpha value is -2.35. The second-order valence-corrected chi connectivity index (χ2v) is 5.18. The molecule has 1 aliphatic rings. The van der Waals surface area contributed by atoms with Gasteiger partial charge in [-0.1, -0.05) is 0 Å². The maximum Gasteiger partial charge on any atom is 0.253 e. The summed E-state index contributed by atoms with van der Waals surface area (Å²) in [6, 6.07) is 9.13. The highest BCUT2D eigenvalue weighted by Crippen LogP contribution is 2.21. The standard InChI is InChI=1S/C16H19N3O2/c1-18(11-4-10-17)16(21)13-6-8-14(9-7-13)19-12-3-2-5-15(19)20/h6-9H,2-5,11-12H2,1H3. The second-order valence-electron chi connectivity index (χ2n) is 5.18. The minimum absolute atomic E-state index is 0.109. The lowest BCUT2D eigenvalue weighted by Crippen LogP contribution is -2.35. The van der Waals surface area contributed by atoms with Gasteiger partial charge < -0.3 is 9.80 Å². The fourth-order valence-electron chi connectivity index (χ4n) is 2.40. The van der Waals surface area contributed by atoms with Gasteiger partial charge in [-0.3, -0.25) is 9.59 Å². The van der Waals surface area contributed by atoms with Crippen LogP contribution >= 0.6 is 0 Å². The molecule has 1 aromatic carbocycles. The van der Waals surface area contributed by atoms with Crippen molar-refractivity contribution in [1.82, 2.24) is 4.90 Å². The van der Waals surface area contributed by atoms with Crippen LogP contribution in [-0.2, 0) is 4.79 Å². The average Bonchev–Trinajstić information content (AvgIpc) is 2.52. The molecule has 2 amide bonds. The molecular formula is C16H19N3O2. The SMILES string of the molecule is CN(CCC#N)C(=O)c1ccc(N2CCCCC2=O)cc1. The predicted molar refractivity (Wildman–Crippen MR) is 79.8 cm³/mol. The number of carbonyl (C=O) groups excluding carboxylic acids is 2. The second kappa shape index (κ2) is 6.89. The van der Waals surface area contributed by atoms with E-state index < -0.39 is 0 Å². The summed E-state index contributed by atoms with van der Waals surface area (Å²) in [5.41, 5.74) is 1.42. The first-order valence-corrected chi connectivity index (χ1v) is 7.16. The van der Waals surface area contributed by atoms with Crippen LogP contribution in [0.2, 0.25) is 0 Å². The zero-order valence-corrected chi connectivity index (χ0v) is 12.2. The number of carbonyl (C=O) groups is 2. The highest BCUT2D eigenvalue weighted by atomic mass is 16.2. The van der Waals surface area contributed by atoms with Crippen LogP contribution in [0, 0.1) is 11.3 Å². The van der Waals surface area contributed by atoms with E-state index in [0.717, 1.165) is 25.1 Å². The molecule has 110 valence electrons. The number of nitrogens with zero attached hydrogens (tertiary/aromatic N) is 3. The van der Waals surface area contributed by atoms with Gasteiger partial charge in [0.2, 0.25) is 5.91 Å². The predicted octanol–water partition coefficient (Wildman–Crippen LogP) is 2.19. The summed E-state index contributed by atoms with van der Waals surface area (Å²) in [5.74, 6) is 0.0354. The molecule has 5 nitrogen and oxygen atoms in total. The summed E-state index contributed by atoms with van der Waals surface area (Å²) >= 11 is 0. The van der Waals surface area contributed by atoms with Crippen LogP contribution in [0.3, 0.4) is 0 Å². The van der Waals surface area contributed by atoms with Gasteiger partial charge in [0.25, 0.3) is 5.91 Å². The summed E-state index contributed by atoms with van der Waals surface area (Å²) in [6.07, 6.45) is 2.89. The lowest BCUT2D eigenvalue weighted by atomic mass is 10.1. The molecule has 1 heterocycles. The smallest absolute Gasteiger partial charge is 0.253 e. The number of rotatable bonds is 4. The van der Waals surface area contributed by atoms with Gasteiger partial charge in [0.1, 0.15) is 0 Å². The first kappa shape index (κ1) is 15.0. The van der Waals surface area contributed by atoms with Gasteiger partial charge in [-0.05, 0) is 37.1 Å². The molecule has 0 unspecified atom stereocenters. The number of nitriles is 1. The Kier molecular flexibility index (Phi) is 4.94. The summed E-state index contributed by atoms with van der Waals surface area (Å²) in [5, 5.41) is 8.55. The van der Waals surface area contributed by atoms with Crippen LogP contribution in [0.1, 0.15) is 36.0 Å². The van der Waals surface area contributed by atoms with Crippen molar-refractivity contribution in [2.24, 2.45) is 0 Å². The Labute approximate surface area is 124 Å². The third-order valence-corrected chi connectivity index (χ3v) is 3.66. The molecular weight excluding hydrogens is 266 g/mol. The van der Waals surface area contributed by atoms with E-state index in [2.05, 4.69) is 0 Å². The molecule has 1 saturated heterocycles. The fraction of sp³-hybridized carbons (Fsp3) is 0.438. The maximum atomic E-state index is 12.1. The third-order valence-electron chi connectivity index (χ3n) is 3.66. The Morgan fingerprint density at radius 1 is 1.33 bits per heavy atom. The van der Waals surface area contributed by atoms with Crippen LogP contribution in [-0.4, -0.2) is 36.9 Å². The Morgan fingerprint density at radius 3 is 2.67 bits per heavy atom. The van der Waals surface area contributed by atoms with Gasteiger partial charge in [-0.25, -0.2) is 0 Å². The molecule has 5 heteroatoms. The molecule has 21 heavy (non-hydrogen) atoms. The van der Waals surface area contributed by atoms with Gasteiger partial charge in [-0.15, -0.1) is 0 Å². The van der Waals surface area contributed by atoms with Crippen molar-refractivity contribution in [3.05, 3.63) is 29.8 Å². The average molecular weight is 285 g/mol. The van der Waals surface area contributed by atoms with Crippen LogP contribution < -0.4 is 4.90 Å². The Morgan fingerprint density at radius 2 is 2.05 bits per heavy atom. The quantitative estimate of drug-likeness (QED) is 0.851. The molecule has 0 aromatic heterocycles. The normalized spacial score (nSPS) is 14.7. The zero-order chi connectivity index (χ0) is 15.2.